The molecule has 1 heterocycles. The first-order valence-electron chi connectivity index (χ1n) is 3.51. The lowest BCUT2D eigenvalue weighted by atomic mass is 10.4. The monoisotopic (exact) mass is 237 g/mol. The van der Waals surface area contributed by atoms with Crippen molar-refractivity contribution in [2.24, 2.45) is 0 Å². The average Bonchev–Trinajstić information content (AvgIpc) is 2.15. The Morgan fingerprint density at radius 2 is 2.00 bits per heavy atom. The summed E-state index contributed by atoms with van der Waals surface area (Å²) in [6.07, 6.45) is 1.23. The lowest BCUT2D eigenvalue weighted by Crippen LogP contribution is -1.98. The second-order valence-electron chi connectivity index (χ2n) is 2.32. The molecule has 0 aliphatic carbocycles. The number of aromatic nitrogens is 1. The quantitative estimate of drug-likeness (QED) is 0.735. The molecule has 0 spiro atoms. The van der Waals surface area contributed by atoms with Gasteiger partial charge in [0.1, 0.15) is 4.90 Å². The maximum Gasteiger partial charge on any atom is 0.265 e. The first-order valence-corrected chi connectivity index (χ1v) is 5.82. The molecule has 0 fully saturated rings. The number of hydrogen-bond donors (Lipinski definition) is 0. The van der Waals surface area contributed by atoms with Gasteiger partial charge < -0.3 is 9.47 Å². The van der Waals surface area contributed by atoms with Crippen LogP contribution >= 0.6 is 10.7 Å². The molecule has 78 valence electrons. The second-order valence-corrected chi connectivity index (χ2v) is 4.85. The van der Waals surface area contributed by atoms with Gasteiger partial charge in [-0.1, -0.05) is 0 Å². The number of rotatable bonds is 3. The van der Waals surface area contributed by atoms with E-state index in [0.29, 0.717) is 0 Å². The zero-order chi connectivity index (χ0) is 10.8. The van der Waals surface area contributed by atoms with Crippen molar-refractivity contribution >= 4 is 19.7 Å². The normalized spacial score (nSPS) is 11.1. The Balaban J connectivity index is 3.37. The van der Waals surface area contributed by atoms with Crippen LogP contribution in [0.1, 0.15) is 0 Å². The lowest BCUT2D eigenvalue weighted by molar-refractivity contribution is 0.379. The predicted molar refractivity (Wildman–Crippen MR) is 50.4 cm³/mol. The summed E-state index contributed by atoms with van der Waals surface area (Å²) in [4.78, 5) is 3.61. The molecule has 1 rings (SSSR count). The molecule has 5 nitrogen and oxygen atoms in total. The van der Waals surface area contributed by atoms with Crippen molar-refractivity contribution < 1.29 is 17.9 Å². The molecular formula is C7H8ClNO4S. The summed E-state index contributed by atoms with van der Waals surface area (Å²) in [5.74, 6) is 0.242. The van der Waals surface area contributed by atoms with Gasteiger partial charge in [-0.2, -0.15) is 0 Å². The highest BCUT2D eigenvalue weighted by atomic mass is 35.7. The molecule has 0 saturated carbocycles. The van der Waals surface area contributed by atoms with Crippen LogP contribution in [0.2, 0.25) is 0 Å². The predicted octanol–water partition coefficient (Wildman–Crippen LogP) is 1.03. The number of halogens is 1. The van der Waals surface area contributed by atoms with Gasteiger partial charge in [-0.15, -0.1) is 0 Å². The number of hydrogen-bond acceptors (Lipinski definition) is 5. The standard InChI is InChI=1S/C7H8ClNO4S/c1-12-5-4-9-7(13-2)3-6(5)14(8,10)11/h3-4H,1-2H3. The van der Waals surface area contributed by atoms with Gasteiger partial charge in [0.15, 0.2) is 5.75 Å². The molecule has 0 unspecified atom stereocenters. The Bertz CT molecular complexity index is 431. The van der Waals surface area contributed by atoms with E-state index >= 15 is 0 Å². The van der Waals surface area contributed by atoms with E-state index in [2.05, 4.69) is 4.98 Å². The van der Waals surface area contributed by atoms with Crippen molar-refractivity contribution in [3.63, 3.8) is 0 Å². The molecule has 0 radical (unpaired) electrons. The highest BCUT2D eigenvalue weighted by Crippen LogP contribution is 2.28. The van der Waals surface area contributed by atoms with Crippen molar-refractivity contribution in [3.05, 3.63) is 12.3 Å². The summed E-state index contributed by atoms with van der Waals surface area (Å²) in [5.41, 5.74) is 0. The van der Waals surface area contributed by atoms with E-state index < -0.39 is 9.05 Å². The Labute approximate surface area is 86.0 Å². The van der Waals surface area contributed by atoms with Gasteiger partial charge in [-0.3, -0.25) is 0 Å². The first kappa shape index (κ1) is 11.1. The van der Waals surface area contributed by atoms with Crippen LogP contribution in [-0.2, 0) is 9.05 Å². The van der Waals surface area contributed by atoms with Crippen LogP contribution < -0.4 is 9.47 Å². The summed E-state index contributed by atoms with van der Waals surface area (Å²) in [6.45, 7) is 0. The van der Waals surface area contributed by atoms with E-state index in [0.717, 1.165) is 0 Å². The van der Waals surface area contributed by atoms with E-state index in [1.165, 1.54) is 26.5 Å². The van der Waals surface area contributed by atoms with Crippen molar-refractivity contribution in [1.82, 2.24) is 4.98 Å². The van der Waals surface area contributed by atoms with Gasteiger partial charge in [0.05, 0.1) is 20.4 Å². The Kier molecular flexibility index (Phi) is 3.17. The number of nitrogens with zero attached hydrogens (tertiary/aromatic N) is 1. The molecule has 0 aromatic carbocycles. The van der Waals surface area contributed by atoms with Crippen LogP contribution in [0.15, 0.2) is 17.2 Å². The number of pyridine rings is 1. The summed E-state index contributed by atoms with van der Waals surface area (Å²) in [6, 6.07) is 1.20. The molecule has 0 aliphatic rings. The smallest absolute Gasteiger partial charge is 0.265 e. The minimum atomic E-state index is -3.85. The lowest BCUT2D eigenvalue weighted by Gasteiger charge is -2.06. The summed E-state index contributed by atoms with van der Waals surface area (Å²) >= 11 is 0. The van der Waals surface area contributed by atoms with Gasteiger partial charge in [-0.05, 0) is 0 Å². The third-order valence-electron chi connectivity index (χ3n) is 1.50. The SMILES string of the molecule is COc1cc(S(=O)(=O)Cl)c(OC)cn1. The van der Waals surface area contributed by atoms with E-state index in [-0.39, 0.29) is 16.5 Å². The average molecular weight is 238 g/mol. The molecule has 1 aromatic heterocycles. The van der Waals surface area contributed by atoms with Gasteiger partial charge in [0.2, 0.25) is 5.88 Å². The molecule has 1 aromatic rings. The molecule has 0 N–H and O–H groups in total. The fourth-order valence-corrected chi connectivity index (χ4v) is 1.84. The summed E-state index contributed by atoms with van der Waals surface area (Å²) < 4.78 is 31.7. The van der Waals surface area contributed by atoms with E-state index in [9.17, 15) is 8.42 Å². The highest BCUT2D eigenvalue weighted by Gasteiger charge is 2.18. The van der Waals surface area contributed by atoms with Crippen LogP contribution in [0.3, 0.4) is 0 Å². The Hall–Kier alpha value is -1.01. The van der Waals surface area contributed by atoms with Gasteiger partial charge in [-0.25, -0.2) is 13.4 Å². The van der Waals surface area contributed by atoms with E-state index in [1.807, 2.05) is 0 Å². The van der Waals surface area contributed by atoms with Crippen molar-refractivity contribution in [2.75, 3.05) is 14.2 Å². The maximum atomic E-state index is 11.1. The minimum absolute atomic E-state index is 0.0841. The van der Waals surface area contributed by atoms with E-state index in [1.54, 1.807) is 0 Å². The van der Waals surface area contributed by atoms with Gasteiger partial charge >= 0.3 is 0 Å². The zero-order valence-corrected chi connectivity index (χ0v) is 9.09. The Morgan fingerprint density at radius 3 is 2.43 bits per heavy atom. The van der Waals surface area contributed by atoms with Crippen molar-refractivity contribution in [1.29, 1.82) is 0 Å². The second kappa shape index (κ2) is 4.02. The van der Waals surface area contributed by atoms with Crippen LogP contribution in [0, 0.1) is 0 Å². The topological polar surface area (TPSA) is 65.5 Å². The molecule has 0 amide bonds. The van der Waals surface area contributed by atoms with Gasteiger partial charge in [0, 0.05) is 16.7 Å². The fraction of sp³-hybridized carbons (Fsp3) is 0.286. The number of methoxy groups -OCH3 is 2. The minimum Gasteiger partial charge on any atom is -0.494 e. The largest absolute Gasteiger partial charge is 0.494 e. The fourth-order valence-electron chi connectivity index (χ4n) is 0.862. The first-order chi connectivity index (χ1) is 6.49. The van der Waals surface area contributed by atoms with Crippen LogP contribution in [0.5, 0.6) is 11.6 Å². The van der Waals surface area contributed by atoms with Crippen molar-refractivity contribution in [2.45, 2.75) is 4.90 Å². The molecule has 0 saturated heterocycles. The molecular weight excluding hydrogens is 230 g/mol. The summed E-state index contributed by atoms with van der Waals surface area (Å²) in [7, 11) is 4.03. The van der Waals surface area contributed by atoms with Gasteiger partial charge in [0.25, 0.3) is 9.05 Å². The summed E-state index contributed by atoms with van der Waals surface area (Å²) in [5, 5.41) is 0. The number of ether oxygens (including phenoxy) is 2. The molecule has 14 heavy (non-hydrogen) atoms. The molecule has 0 aliphatic heterocycles. The highest BCUT2D eigenvalue weighted by molar-refractivity contribution is 8.13. The van der Waals surface area contributed by atoms with Crippen LogP contribution in [-0.4, -0.2) is 27.6 Å². The Morgan fingerprint density at radius 1 is 1.36 bits per heavy atom. The molecule has 7 heteroatoms. The molecule has 0 bridgehead atoms. The van der Waals surface area contributed by atoms with Crippen molar-refractivity contribution in [3.8, 4) is 11.6 Å². The third-order valence-corrected chi connectivity index (χ3v) is 2.84. The third kappa shape index (κ3) is 2.27. The molecule has 0 atom stereocenters. The van der Waals surface area contributed by atoms with Crippen LogP contribution in [0.4, 0.5) is 0 Å². The maximum absolute atomic E-state index is 11.1. The van der Waals surface area contributed by atoms with E-state index in [4.69, 9.17) is 20.2 Å². The van der Waals surface area contributed by atoms with Crippen LogP contribution in [0.25, 0.3) is 0 Å². The zero-order valence-electron chi connectivity index (χ0n) is 7.52.